The number of hydrogen-bond donors (Lipinski definition) is 0. The summed E-state index contributed by atoms with van der Waals surface area (Å²) in [7, 11) is 0. The van der Waals surface area contributed by atoms with Crippen LogP contribution in [0, 0.1) is 17.1 Å². The first kappa shape index (κ1) is 13.0. The maximum absolute atomic E-state index is 13.5. The monoisotopic (exact) mass is 261 g/mol. The predicted octanol–water partition coefficient (Wildman–Crippen LogP) is 2.61. The van der Waals surface area contributed by atoms with E-state index in [2.05, 4.69) is 10.1 Å². The van der Waals surface area contributed by atoms with Gasteiger partial charge in [-0.25, -0.2) is 4.39 Å². The van der Waals surface area contributed by atoms with E-state index >= 15 is 0 Å². The number of nitrogens with zero attached hydrogens (tertiary/aromatic N) is 3. The lowest BCUT2D eigenvalue weighted by Gasteiger charge is -2.04. The van der Waals surface area contributed by atoms with Gasteiger partial charge in [-0.1, -0.05) is 12.1 Å². The maximum atomic E-state index is 13.5. The Hall–Kier alpha value is -2.42. The Morgan fingerprint density at radius 1 is 1.47 bits per heavy atom. The smallest absolute Gasteiger partial charge is 0.264 e. The number of aromatic nitrogens is 2. The van der Waals surface area contributed by atoms with Gasteiger partial charge in [-0.3, -0.25) is 0 Å². The zero-order valence-corrected chi connectivity index (χ0v) is 10.4. The lowest BCUT2D eigenvalue weighted by molar-refractivity contribution is 0.234. The SMILES string of the molecule is CCCc1noc(COc2ccc(C#N)cc2F)n1. The standard InChI is InChI=1S/C13H12FN3O2/c1-2-3-12-16-13(19-17-12)8-18-11-5-4-9(7-15)6-10(11)14/h4-6H,2-3,8H2,1H3. The van der Waals surface area contributed by atoms with Gasteiger partial charge in [0.2, 0.25) is 0 Å². The molecule has 0 N–H and O–H groups in total. The Morgan fingerprint density at radius 2 is 2.32 bits per heavy atom. The lowest BCUT2D eigenvalue weighted by atomic mass is 10.2. The topological polar surface area (TPSA) is 71.9 Å². The molecule has 19 heavy (non-hydrogen) atoms. The second-order valence-corrected chi connectivity index (χ2v) is 3.90. The van der Waals surface area contributed by atoms with E-state index in [1.165, 1.54) is 12.1 Å². The number of halogens is 1. The van der Waals surface area contributed by atoms with Crippen molar-refractivity contribution in [2.75, 3.05) is 0 Å². The van der Waals surface area contributed by atoms with Gasteiger partial charge in [-0.05, 0) is 24.6 Å². The Balaban J connectivity index is 2.00. The van der Waals surface area contributed by atoms with Gasteiger partial charge in [0, 0.05) is 6.42 Å². The molecule has 0 fully saturated rings. The highest BCUT2D eigenvalue weighted by atomic mass is 19.1. The number of hydrogen-bond acceptors (Lipinski definition) is 5. The van der Waals surface area contributed by atoms with E-state index < -0.39 is 5.82 Å². The molecule has 0 unspecified atom stereocenters. The molecule has 1 aromatic heterocycles. The van der Waals surface area contributed by atoms with Crippen molar-refractivity contribution in [3.05, 3.63) is 41.3 Å². The minimum atomic E-state index is -0.590. The fourth-order valence-electron chi connectivity index (χ4n) is 1.50. The van der Waals surface area contributed by atoms with Crippen LogP contribution in [-0.4, -0.2) is 10.1 Å². The summed E-state index contributed by atoms with van der Waals surface area (Å²) in [6.45, 7) is 2.01. The van der Waals surface area contributed by atoms with E-state index in [4.69, 9.17) is 14.5 Å². The van der Waals surface area contributed by atoms with Gasteiger partial charge in [0.05, 0.1) is 11.6 Å². The molecule has 0 aliphatic heterocycles. The van der Waals surface area contributed by atoms with Crippen LogP contribution in [0.3, 0.4) is 0 Å². The highest BCUT2D eigenvalue weighted by molar-refractivity contribution is 5.35. The first-order chi connectivity index (χ1) is 9.22. The van der Waals surface area contributed by atoms with Crippen molar-refractivity contribution in [2.45, 2.75) is 26.4 Å². The van der Waals surface area contributed by atoms with Crippen LogP contribution in [-0.2, 0) is 13.0 Å². The summed E-state index contributed by atoms with van der Waals surface area (Å²) in [6.07, 6.45) is 1.65. The summed E-state index contributed by atoms with van der Waals surface area (Å²) in [5, 5.41) is 12.4. The van der Waals surface area contributed by atoms with Gasteiger partial charge in [-0.15, -0.1) is 0 Å². The molecule has 0 saturated heterocycles. The molecular formula is C13H12FN3O2. The minimum Gasteiger partial charge on any atom is -0.481 e. The van der Waals surface area contributed by atoms with Gasteiger partial charge >= 0.3 is 0 Å². The third kappa shape index (κ3) is 3.28. The molecule has 2 aromatic rings. The molecule has 0 spiro atoms. The van der Waals surface area contributed by atoms with E-state index in [1.54, 1.807) is 0 Å². The van der Waals surface area contributed by atoms with E-state index in [-0.39, 0.29) is 17.9 Å². The van der Waals surface area contributed by atoms with Gasteiger partial charge in [0.15, 0.2) is 24.0 Å². The normalized spacial score (nSPS) is 10.2. The molecule has 0 aliphatic carbocycles. The van der Waals surface area contributed by atoms with Crippen molar-refractivity contribution in [2.24, 2.45) is 0 Å². The Kier molecular flexibility index (Phi) is 4.08. The summed E-state index contributed by atoms with van der Waals surface area (Å²) in [4.78, 5) is 4.10. The van der Waals surface area contributed by atoms with E-state index in [0.29, 0.717) is 11.7 Å². The summed E-state index contributed by atoms with van der Waals surface area (Å²) in [6, 6.07) is 5.85. The van der Waals surface area contributed by atoms with E-state index in [1.807, 2.05) is 13.0 Å². The molecule has 1 heterocycles. The summed E-state index contributed by atoms with van der Waals surface area (Å²) in [5.74, 6) is 0.371. The molecule has 98 valence electrons. The number of aryl methyl sites for hydroxylation is 1. The van der Waals surface area contributed by atoms with Crippen LogP contribution in [0.2, 0.25) is 0 Å². The van der Waals surface area contributed by atoms with E-state index in [0.717, 1.165) is 18.9 Å². The number of nitriles is 1. The van der Waals surface area contributed by atoms with Crippen LogP contribution >= 0.6 is 0 Å². The van der Waals surface area contributed by atoms with Crippen LogP contribution < -0.4 is 4.74 Å². The molecule has 5 nitrogen and oxygen atoms in total. The second-order valence-electron chi connectivity index (χ2n) is 3.90. The fourth-order valence-corrected chi connectivity index (χ4v) is 1.50. The third-order valence-electron chi connectivity index (χ3n) is 2.40. The molecule has 0 atom stereocenters. The largest absolute Gasteiger partial charge is 0.481 e. The van der Waals surface area contributed by atoms with Crippen LogP contribution in [0.5, 0.6) is 5.75 Å². The minimum absolute atomic E-state index is 0.000462. The average Bonchev–Trinajstić information content (AvgIpc) is 2.85. The lowest BCUT2D eigenvalue weighted by Crippen LogP contribution is -1.98. The average molecular weight is 261 g/mol. The van der Waals surface area contributed by atoms with Crippen LogP contribution in [0.25, 0.3) is 0 Å². The third-order valence-corrected chi connectivity index (χ3v) is 2.40. The molecule has 0 amide bonds. The molecule has 0 radical (unpaired) electrons. The van der Waals surface area contributed by atoms with Crippen LogP contribution in [0.4, 0.5) is 4.39 Å². The summed E-state index contributed by atoms with van der Waals surface area (Å²) >= 11 is 0. The molecule has 6 heteroatoms. The Labute approximate surface area is 109 Å². The van der Waals surface area contributed by atoms with E-state index in [9.17, 15) is 4.39 Å². The quantitative estimate of drug-likeness (QED) is 0.827. The number of rotatable bonds is 5. The zero-order chi connectivity index (χ0) is 13.7. The molecule has 0 bridgehead atoms. The first-order valence-electron chi connectivity index (χ1n) is 5.87. The second kappa shape index (κ2) is 5.96. The summed E-state index contributed by atoms with van der Waals surface area (Å²) < 4.78 is 23.7. The van der Waals surface area contributed by atoms with Crippen LogP contribution in [0.15, 0.2) is 22.7 Å². The zero-order valence-electron chi connectivity index (χ0n) is 10.4. The summed E-state index contributed by atoms with van der Waals surface area (Å²) in [5.41, 5.74) is 0.243. The molecule has 0 aliphatic rings. The maximum Gasteiger partial charge on any atom is 0.264 e. The number of ether oxygens (including phenoxy) is 1. The molecule has 1 aromatic carbocycles. The van der Waals surface area contributed by atoms with Crippen molar-refractivity contribution in [3.63, 3.8) is 0 Å². The van der Waals surface area contributed by atoms with Gasteiger partial charge in [-0.2, -0.15) is 10.2 Å². The Morgan fingerprint density at radius 3 is 3.00 bits per heavy atom. The van der Waals surface area contributed by atoms with Gasteiger partial charge < -0.3 is 9.26 Å². The van der Waals surface area contributed by atoms with Crippen molar-refractivity contribution < 1.29 is 13.7 Å². The van der Waals surface area contributed by atoms with Crippen LogP contribution in [0.1, 0.15) is 30.6 Å². The number of benzene rings is 1. The Bertz CT molecular complexity index is 604. The van der Waals surface area contributed by atoms with Crippen molar-refractivity contribution in [1.29, 1.82) is 5.26 Å². The predicted molar refractivity (Wildman–Crippen MR) is 63.7 cm³/mol. The van der Waals surface area contributed by atoms with Gasteiger partial charge in [0.25, 0.3) is 5.89 Å². The molecule has 0 saturated carbocycles. The van der Waals surface area contributed by atoms with Gasteiger partial charge in [0.1, 0.15) is 0 Å². The van der Waals surface area contributed by atoms with Crippen molar-refractivity contribution in [1.82, 2.24) is 10.1 Å². The van der Waals surface area contributed by atoms with Crippen molar-refractivity contribution >= 4 is 0 Å². The van der Waals surface area contributed by atoms with Crippen molar-refractivity contribution in [3.8, 4) is 11.8 Å². The molecular weight excluding hydrogens is 249 g/mol. The fraction of sp³-hybridized carbons (Fsp3) is 0.308. The first-order valence-corrected chi connectivity index (χ1v) is 5.87. The molecule has 2 rings (SSSR count). The highest BCUT2D eigenvalue weighted by Gasteiger charge is 2.09. The highest BCUT2D eigenvalue weighted by Crippen LogP contribution is 2.19.